The lowest BCUT2D eigenvalue weighted by molar-refractivity contribution is -0.301. The van der Waals surface area contributed by atoms with Crippen molar-refractivity contribution in [3.8, 4) is 0 Å². The number of carbonyl (C=O) groups is 1. The number of fused-ring (bicyclic) bond motifs is 3. The zero-order valence-corrected chi connectivity index (χ0v) is 15.6. The Bertz CT molecular complexity index is 762. The molecule has 0 aromatic carbocycles. The first-order valence-corrected chi connectivity index (χ1v) is 10.3. The zero-order chi connectivity index (χ0) is 16.6. The van der Waals surface area contributed by atoms with Crippen molar-refractivity contribution in [2.75, 3.05) is 12.0 Å². The summed E-state index contributed by atoms with van der Waals surface area (Å²) in [6.07, 6.45) is 3.65. The fourth-order valence-electron chi connectivity index (χ4n) is 2.57. The Morgan fingerprint density at radius 3 is 2.91 bits per heavy atom. The molecule has 5 nitrogen and oxygen atoms in total. The van der Waals surface area contributed by atoms with Crippen LogP contribution in [0.5, 0.6) is 0 Å². The molecule has 2 aromatic rings. The number of carboxylic acid groups (broad SMARTS) is 1. The Kier molecular flexibility index (Phi) is 4.87. The highest BCUT2D eigenvalue weighted by Crippen LogP contribution is 2.42. The van der Waals surface area contributed by atoms with Gasteiger partial charge in [0.05, 0.1) is 18.2 Å². The van der Waals surface area contributed by atoms with E-state index >= 15 is 0 Å². The summed E-state index contributed by atoms with van der Waals surface area (Å²) in [5.74, 6) is -1.19. The molecule has 1 aliphatic heterocycles. The molecule has 8 heteroatoms. The number of hydrogen-bond acceptors (Lipinski definition) is 8. The maximum atomic E-state index is 10.8. The number of carbonyl (C=O) groups excluding carboxylic acids is 1. The average Bonchev–Trinajstić information content (AvgIpc) is 2.89. The Balaban J connectivity index is 2.12. The number of ether oxygens (including phenoxy) is 1. The molecular weight excluding hydrogens is 352 g/mol. The summed E-state index contributed by atoms with van der Waals surface area (Å²) in [6, 6.07) is 0. The Morgan fingerprint density at radius 1 is 1.48 bits per heavy atom. The molecule has 1 aliphatic rings. The number of thioether (sulfide) groups is 2. The second kappa shape index (κ2) is 6.58. The first-order valence-electron chi connectivity index (χ1n) is 7.28. The van der Waals surface area contributed by atoms with Crippen LogP contribution in [0.15, 0.2) is 10.2 Å². The fourth-order valence-corrected chi connectivity index (χ4v) is 4.99. The Hall–Kier alpha value is -0.830. The molecule has 0 bridgehead atoms. The van der Waals surface area contributed by atoms with Crippen LogP contribution in [0.25, 0.3) is 10.2 Å². The van der Waals surface area contributed by atoms with Crippen LogP contribution < -0.4 is 5.11 Å². The van der Waals surface area contributed by atoms with Crippen LogP contribution in [0.1, 0.15) is 30.7 Å². The number of nitrogens with zero attached hydrogens (tertiary/aromatic N) is 2. The van der Waals surface area contributed by atoms with Gasteiger partial charge in [0.1, 0.15) is 9.86 Å². The predicted octanol–water partition coefficient (Wildman–Crippen LogP) is 2.50. The van der Waals surface area contributed by atoms with Crippen molar-refractivity contribution >= 4 is 51.0 Å². The summed E-state index contributed by atoms with van der Waals surface area (Å²) >= 11 is 4.29. The number of thiophene rings is 1. The topological polar surface area (TPSA) is 75.1 Å². The molecular formula is C15H17N2O3S3-. The van der Waals surface area contributed by atoms with Crippen molar-refractivity contribution < 1.29 is 14.6 Å². The van der Waals surface area contributed by atoms with Crippen LogP contribution in [-0.2, 0) is 22.6 Å². The predicted molar refractivity (Wildman–Crippen MR) is 92.1 cm³/mol. The van der Waals surface area contributed by atoms with Gasteiger partial charge in [-0.05, 0) is 25.2 Å². The third-order valence-electron chi connectivity index (χ3n) is 4.04. The first kappa shape index (κ1) is 17.0. The molecule has 2 aromatic heterocycles. The van der Waals surface area contributed by atoms with Crippen LogP contribution in [0.2, 0.25) is 0 Å². The second-order valence-electron chi connectivity index (χ2n) is 5.63. The summed E-state index contributed by atoms with van der Waals surface area (Å²) in [5.41, 5.74) is 1.03. The van der Waals surface area contributed by atoms with Crippen LogP contribution in [0, 0.1) is 0 Å². The fraction of sp³-hybridized carbons (Fsp3) is 0.533. The standard InChI is InChI=1S/C15H18N2O3S3/c1-4-15(2)5-8-9(6-20-15)23-13-11(8)12(22-7-10(18)19)16-14(17-13)21-3/h4-7H2,1-3H3,(H,18,19)/p-1/t15-/m1/s1. The maximum Gasteiger partial charge on any atom is 0.189 e. The number of rotatable bonds is 5. The van der Waals surface area contributed by atoms with Gasteiger partial charge in [0.2, 0.25) is 0 Å². The van der Waals surface area contributed by atoms with E-state index in [4.69, 9.17) is 4.74 Å². The molecule has 124 valence electrons. The van der Waals surface area contributed by atoms with Crippen molar-refractivity contribution in [2.45, 2.75) is 49.1 Å². The minimum atomic E-state index is -1.08. The van der Waals surface area contributed by atoms with Crippen molar-refractivity contribution in [1.82, 2.24) is 9.97 Å². The van der Waals surface area contributed by atoms with Gasteiger partial charge < -0.3 is 14.6 Å². The molecule has 0 aliphatic carbocycles. The highest BCUT2D eigenvalue weighted by Gasteiger charge is 2.33. The molecule has 0 unspecified atom stereocenters. The monoisotopic (exact) mass is 369 g/mol. The minimum Gasteiger partial charge on any atom is -0.549 e. The van der Waals surface area contributed by atoms with E-state index in [-0.39, 0.29) is 11.4 Å². The summed E-state index contributed by atoms with van der Waals surface area (Å²) in [4.78, 5) is 22.1. The van der Waals surface area contributed by atoms with Crippen LogP contribution in [0.3, 0.4) is 0 Å². The van der Waals surface area contributed by atoms with Gasteiger partial charge in [0.15, 0.2) is 5.16 Å². The molecule has 23 heavy (non-hydrogen) atoms. The van der Waals surface area contributed by atoms with E-state index in [1.165, 1.54) is 34.0 Å². The second-order valence-corrected chi connectivity index (χ2v) is 8.45. The molecule has 0 fully saturated rings. The molecule has 0 radical (unpaired) electrons. The smallest absolute Gasteiger partial charge is 0.189 e. The van der Waals surface area contributed by atoms with Crippen molar-refractivity contribution in [1.29, 1.82) is 0 Å². The van der Waals surface area contributed by atoms with E-state index < -0.39 is 5.97 Å². The van der Waals surface area contributed by atoms with E-state index in [0.29, 0.717) is 11.8 Å². The average molecular weight is 370 g/mol. The highest BCUT2D eigenvalue weighted by molar-refractivity contribution is 8.00. The minimum absolute atomic E-state index is 0.105. The van der Waals surface area contributed by atoms with E-state index in [0.717, 1.165) is 28.1 Å². The lowest BCUT2D eigenvalue weighted by atomic mass is 9.90. The van der Waals surface area contributed by atoms with Crippen molar-refractivity contribution in [3.05, 3.63) is 10.4 Å². The molecule has 1 atom stereocenters. The normalized spacial score (nSPS) is 20.7. The van der Waals surface area contributed by atoms with Gasteiger partial charge in [0, 0.05) is 22.4 Å². The highest BCUT2D eigenvalue weighted by atomic mass is 32.2. The van der Waals surface area contributed by atoms with E-state index in [1.807, 2.05) is 6.26 Å². The van der Waals surface area contributed by atoms with Crippen LogP contribution in [-0.4, -0.2) is 33.5 Å². The SMILES string of the molecule is CC[C@]1(C)Cc2c(sc3nc(SC)nc(SCC(=O)[O-])c23)CO1. The van der Waals surface area contributed by atoms with Gasteiger partial charge in [0.25, 0.3) is 0 Å². The molecule has 0 saturated carbocycles. The lowest BCUT2D eigenvalue weighted by Gasteiger charge is -2.33. The quantitative estimate of drug-likeness (QED) is 0.455. The van der Waals surface area contributed by atoms with Crippen LogP contribution in [0.4, 0.5) is 0 Å². The molecule has 0 N–H and O–H groups in total. The third-order valence-corrected chi connectivity index (χ3v) is 6.64. The number of carboxylic acids is 1. The molecule has 0 saturated heterocycles. The first-order chi connectivity index (χ1) is 11.0. The molecule has 0 spiro atoms. The summed E-state index contributed by atoms with van der Waals surface area (Å²) in [6.45, 7) is 4.82. The third kappa shape index (κ3) is 3.35. The van der Waals surface area contributed by atoms with Crippen molar-refractivity contribution in [3.63, 3.8) is 0 Å². The van der Waals surface area contributed by atoms with E-state index in [9.17, 15) is 9.90 Å². The molecule has 3 rings (SSSR count). The molecule has 3 heterocycles. The van der Waals surface area contributed by atoms with Gasteiger partial charge >= 0.3 is 0 Å². The number of aliphatic carboxylic acids is 1. The van der Waals surface area contributed by atoms with E-state index in [1.54, 1.807) is 11.3 Å². The van der Waals surface area contributed by atoms with Gasteiger partial charge in [-0.1, -0.05) is 30.4 Å². The summed E-state index contributed by atoms with van der Waals surface area (Å²) in [7, 11) is 0. The van der Waals surface area contributed by atoms with Crippen molar-refractivity contribution in [2.24, 2.45) is 0 Å². The summed E-state index contributed by atoms with van der Waals surface area (Å²) in [5, 5.41) is 13.2. The number of aromatic nitrogens is 2. The van der Waals surface area contributed by atoms with Gasteiger partial charge in [-0.25, -0.2) is 9.97 Å². The van der Waals surface area contributed by atoms with E-state index in [2.05, 4.69) is 23.8 Å². The zero-order valence-electron chi connectivity index (χ0n) is 13.2. The largest absolute Gasteiger partial charge is 0.549 e. The van der Waals surface area contributed by atoms with Gasteiger partial charge in [-0.15, -0.1) is 11.3 Å². The van der Waals surface area contributed by atoms with Crippen LogP contribution >= 0.6 is 34.9 Å². The lowest BCUT2D eigenvalue weighted by Crippen LogP contribution is -2.33. The Morgan fingerprint density at radius 2 is 2.26 bits per heavy atom. The maximum absolute atomic E-state index is 10.8. The Labute approximate surface area is 147 Å². The molecule has 0 amide bonds. The van der Waals surface area contributed by atoms with Gasteiger partial charge in [-0.2, -0.15) is 0 Å². The van der Waals surface area contributed by atoms with Gasteiger partial charge in [-0.3, -0.25) is 0 Å². The summed E-state index contributed by atoms with van der Waals surface area (Å²) < 4.78 is 6.01. The number of hydrogen-bond donors (Lipinski definition) is 0.